The van der Waals surface area contributed by atoms with Crippen LogP contribution in [0, 0.1) is 45.3 Å². The van der Waals surface area contributed by atoms with Gasteiger partial charge in [0, 0.05) is 10.5 Å². The Kier molecular flexibility index (Phi) is 5.15. The van der Waals surface area contributed by atoms with Gasteiger partial charge in [-0.2, -0.15) is 0 Å². The molecule has 0 aromatic carbocycles. The lowest BCUT2D eigenvalue weighted by molar-refractivity contribution is -0.129. The van der Waals surface area contributed by atoms with E-state index in [-0.39, 0.29) is 28.6 Å². The Morgan fingerprint density at radius 3 is 2.41 bits per heavy atom. The number of aliphatic hydroxyl groups excluding tert-OH is 1. The number of ketones is 1. The summed E-state index contributed by atoms with van der Waals surface area (Å²) in [7, 11) is 0. The van der Waals surface area contributed by atoms with Gasteiger partial charge in [0.05, 0.1) is 11.5 Å². The Balaban J connectivity index is 1.81. The third kappa shape index (κ3) is 3.24. The molecular formula is C30H50O2. The van der Waals surface area contributed by atoms with Crippen molar-refractivity contribution in [3.8, 4) is 0 Å². The Hall–Kier alpha value is -0.630. The van der Waals surface area contributed by atoms with Gasteiger partial charge in [-0.05, 0) is 85.3 Å². The van der Waals surface area contributed by atoms with Gasteiger partial charge in [0.2, 0.25) is 0 Å². The Morgan fingerprint density at radius 2 is 1.75 bits per heavy atom. The molecule has 2 nitrogen and oxygen atoms in total. The summed E-state index contributed by atoms with van der Waals surface area (Å²) in [5.74, 6) is 1.46. The minimum atomic E-state index is -2.33. The SMILES string of the molecule is [3H]C([3H])([3H])[C@@]12C(=O)C[C@H]([C@H](C)CCCC(C)C)[C@@]1(C)CCC1=C2CC[C@H]2C(C)(C)[C@@H](O)CC[C@]12C. The molecule has 0 spiro atoms. The van der Waals surface area contributed by atoms with Crippen molar-refractivity contribution < 1.29 is 14.0 Å². The molecule has 32 heavy (non-hydrogen) atoms. The summed E-state index contributed by atoms with van der Waals surface area (Å²) in [6, 6.07) is 0. The monoisotopic (exact) mass is 448 g/mol. The van der Waals surface area contributed by atoms with Crippen LogP contribution in [0.25, 0.3) is 0 Å². The third-order valence-corrected chi connectivity index (χ3v) is 11.2. The molecule has 4 aliphatic rings. The van der Waals surface area contributed by atoms with Crippen LogP contribution < -0.4 is 0 Å². The molecule has 2 heteroatoms. The molecule has 2 saturated carbocycles. The molecule has 0 aromatic rings. The van der Waals surface area contributed by atoms with E-state index in [1.165, 1.54) is 12.0 Å². The van der Waals surface area contributed by atoms with E-state index in [1.807, 2.05) is 0 Å². The molecule has 2 fully saturated rings. The van der Waals surface area contributed by atoms with Crippen molar-refractivity contribution in [1.82, 2.24) is 0 Å². The van der Waals surface area contributed by atoms with E-state index < -0.39 is 17.7 Å². The van der Waals surface area contributed by atoms with Gasteiger partial charge in [-0.15, -0.1) is 0 Å². The first-order chi connectivity index (χ1) is 16.0. The summed E-state index contributed by atoms with van der Waals surface area (Å²) >= 11 is 0. The molecule has 0 radical (unpaired) electrons. The number of allylic oxidation sites excluding steroid dienone is 2. The van der Waals surface area contributed by atoms with Crippen molar-refractivity contribution in [3.05, 3.63) is 11.1 Å². The highest BCUT2D eigenvalue weighted by atomic mass is 16.3. The Labute approximate surface area is 202 Å². The second kappa shape index (κ2) is 7.96. The predicted octanol–water partition coefficient (Wildman–Crippen LogP) is 7.74. The highest BCUT2D eigenvalue weighted by Crippen LogP contribution is 2.71. The van der Waals surface area contributed by atoms with Crippen molar-refractivity contribution in [2.24, 2.45) is 45.3 Å². The van der Waals surface area contributed by atoms with Crippen molar-refractivity contribution in [2.75, 3.05) is 0 Å². The zero-order valence-corrected chi connectivity index (χ0v) is 21.8. The van der Waals surface area contributed by atoms with E-state index in [9.17, 15) is 9.90 Å². The van der Waals surface area contributed by atoms with Crippen molar-refractivity contribution in [3.63, 3.8) is 0 Å². The summed E-state index contributed by atoms with van der Waals surface area (Å²) in [4.78, 5) is 14.1. The first-order valence-corrected chi connectivity index (χ1v) is 13.5. The molecule has 7 atom stereocenters. The van der Waals surface area contributed by atoms with Gasteiger partial charge in [0.1, 0.15) is 5.78 Å². The average molecular weight is 449 g/mol. The molecule has 0 aliphatic heterocycles. The highest BCUT2D eigenvalue weighted by Gasteiger charge is 2.66. The zero-order chi connectivity index (χ0) is 26.2. The topological polar surface area (TPSA) is 37.3 Å². The normalized spacial score (nSPS) is 46.1. The number of rotatable bonds is 5. The Morgan fingerprint density at radius 1 is 1.03 bits per heavy atom. The second-order valence-corrected chi connectivity index (χ2v) is 13.5. The van der Waals surface area contributed by atoms with E-state index in [2.05, 4.69) is 48.5 Å². The summed E-state index contributed by atoms with van der Waals surface area (Å²) in [6.07, 6.45) is 8.39. The highest BCUT2D eigenvalue weighted by molar-refractivity contribution is 5.92. The molecule has 0 aromatic heterocycles. The van der Waals surface area contributed by atoms with Crippen LogP contribution in [-0.4, -0.2) is 17.0 Å². The van der Waals surface area contributed by atoms with Gasteiger partial charge in [0.15, 0.2) is 0 Å². The van der Waals surface area contributed by atoms with Crippen LogP contribution in [0.15, 0.2) is 11.1 Å². The Bertz CT molecular complexity index is 887. The average Bonchev–Trinajstić information content (AvgIpc) is 2.99. The molecule has 0 bridgehead atoms. The van der Waals surface area contributed by atoms with Gasteiger partial charge >= 0.3 is 0 Å². The number of carbonyl (C=O) groups is 1. The zero-order valence-electron chi connectivity index (χ0n) is 24.8. The van der Waals surface area contributed by atoms with Crippen LogP contribution in [0.1, 0.15) is 124 Å². The molecule has 0 saturated heterocycles. The van der Waals surface area contributed by atoms with E-state index >= 15 is 0 Å². The second-order valence-electron chi connectivity index (χ2n) is 13.5. The fraction of sp³-hybridized carbons (Fsp3) is 0.900. The van der Waals surface area contributed by atoms with Gasteiger partial charge < -0.3 is 5.11 Å². The number of Topliss-reactive ketones (excluding diaryl/α,β-unsaturated/α-hetero) is 1. The maximum atomic E-state index is 14.1. The summed E-state index contributed by atoms with van der Waals surface area (Å²) < 4.78 is 26.7. The number of hydrogen-bond donors (Lipinski definition) is 1. The lowest BCUT2D eigenvalue weighted by atomic mass is 9.43. The predicted molar refractivity (Wildman–Crippen MR) is 133 cm³/mol. The van der Waals surface area contributed by atoms with Crippen LogP contribution >= 0.6 is 0 Å². The number of hydrogen-bond acceptors (Lipinski definition) is 2. The van der Waals surface area contributed by atoms with Crippen LogP contribution in [0.5, 0.6) is 0 Å². The van der Waals surface area contributed by atoms with E-state index in [4.69, 9.17) is 4.11 Å². The first kappa shape index (κ1) is 20.7. The van der Waals surface area contributed by atoms with Gasteiger partial charge in [-0.3, -0.25) is 4.79 Å². The quantitative estimate of drug-likeness (QED) is 0.437. The van der Waals surface area contributed by atoms with E-state index in [0.29, 0.717) is 30.6 Å². The van der Waals surface area contributed by atoms with E-state index in [0.717, 1.165) is 50.5 Å². The number of fused-ring (bicyclic) bond motifs is 4. The summed E-state index contributed by atoms with van der Waals surface area (Å²) in [5, 5.41) is 10.8. The molecule has 0 heterocycles. The summed E-state index contributed by atoms with van der Waals surface area (Å²) in [6.45, 7) is 13.3. The lowest BCUT2D eigenvalue weighted by Crippen LogP contribution is -2.55. The maximum Gasteiger partial charge on any atom is 0.143 e. The van der Waals surface area contributed by atoms with Crippen molar-refractivity contribution >= 4 is 5.78 Å². The lowest BCUT2D eigenvalue weighted by Gasteiger charge is -2.61. The first-order valence-electron chi connectivity index (χ1n) is 15.0. The van der Waals surface area contributed by atoms with Gasteiger partial charge in [-0.25, -0.2) is 0 Å². The molecule has 182 valence electrons. The van der Waals surface area contributed by atoms with E-state index in [1.54, 1.807) is 0 Å². The van der Waals surface area contributed by atoms with Crippen LogP contribution in [0.4, 0.5) is 0 Å². The molecule has 0 amide bonds. The van der Waals surface area contributed by atoms with Crippen molar-refractivity contribution in [2.45, 2.75) is 126 Å². The maximum absolute atomic E-state index is 14.1. The smallest absolute Gasteiger partial charge is 0.143 e. The summed E-state index contributed by atoms with van der Waals surface area (Å²) in [5.41, 5.74) is 0.101. The van der Waals surface area contributed by atoms with Gasteiger partial charge in [0.25, 0.3) is 0 Å². The minimum Gasteiger partial charge on any atom is -0.393 e. The molecule has 0 unspecified atom stereocenters. The fourth-order valence-electron chi connectivity index (χ4n) is 9.05. The number of carbonyl (C=O) groups excluding carboxylic acids is 1. The number of aliphatic hydroxyl groups is 1. The minimum absolute atomic E-state index is 0.00920. The van der Waals surface area contributed by atoms with Crippen molar-refractivity contribution in [1.29, 1.82) is 0 Å². The molecule has 4 rings (SSSR count). The molecular weight excluding hydrogens is 392 g/mol. The van der Waals surface area contributed by atoms with Crippen LogP contribution in [0.2, 0.25) is 0 Å². The largest absolute Gasteiger partial charge is 0.393 e. The van der Waals surface area contributed by atoms with Crippen LogP contribution in [0.3, 0.4) is 0 Å². The molecule has 1 N–H and O–H groups in total. The van der Waals surface area contributed by atoms with Crippen LogP contribution in [-0.2, 0) is 4.79 Å². The van der Waals surface area contributed by atoms with Gasteiger partial charge in [-0.1, -0.05) is 78.9 Å². The fourth-order valence-corrected chi connectivity index (χ4v) is 9.05. The standard InChI is InChI=1S/C30H50O2/c1-19(2)10-9-11-20(3)23-18-26(32)30(8)22-12-13-24-27(4,5)25(31)15-16-28(24,6)21(22)14-17-29(23,30)7/h19-20,23-25,31H,9-18H2,1-8H3/t20-,23-,24+,25+,28-,29-,30-/m1/s1/i8T3. The molecule has 4 aliphatic carbocycles. The third-order valence-electron chi connectivity index (χ3n) is 11.2.